The molecule has 1 saturated heterocycles. The molecule has 1 aliphatic rings. The van der Waals surface area contributed by atoms with E-state index in [1.165, 1.54) is 0 Å². The van der Waals surface area contributed by atoms with Gasteiger partial charge in [-0.3, -0.25) is 4.79 Å². The van der Waals surface area contributed by atoms with Crippen LogP contribution >= 0.6 is 0 Å². The predicted molar refractivity (Wildman–Crippen MR) is 116 cm³/mol. The molecular formula is C24H23F3N4O. The van der Waals surface area contributed by atoms with Crippen molar-refractivity contribution in [2.75, 3.05) is 18.4 Å². The molecule has 4 rings (SSSR count). The number of alkyl halides is 3. The molecule has 1 atom stereocenters. The number of halogens is 3. The standard InChI is InChI=1S/C24H23F3N4O/c1-16-6-4-7-17(14-16)19-9-2-3-10-20(19)22(32)31-13-5-8-18(15-31)29-23-28-12-11-21(30-23)24(25,26)27/h2-4,6-7,9-12,14,18H,5,8,13,15H2,1H3,(H,28,29,30). The summed E-state index contributed by atoms with van der Waals surface area (Å²) in [5.74, 6) is -0.183. The van der Waals surface area contributed by atoms with Gasteiger partial charge in [0.2, 0.25) is 5.95 Å². The van der Waals surface area contributed by atoms with Crippen molar-refractivity contribution in [3.8, 4) is 11.1 Å². The summed E-state index contributed by atoms with van der Waals surface area (Å²) in [6.07, 6.45) is -2.01. The minimum absolute atomic E-state index is 0.0840. The number of rotatable bonds is 4. The molecule has 1 fully saturated rings. The Morgan fingerprint density at radius 1 is 1.12 bits per heavy atom. The SMILES string of the molecule is Cc1cccc(-c2ccccc2C(=O)N2CCCC(Nc3nccc(C(F)(F)F)n3)C2)c1. The van der Waals surface area contributed by atoms with E-state index < -0.39 is 11.9 Å². The Balaban J connectivity index is 1.52. The fourth-order valence-corrected chi connectivity index (χ4v) is 3.95. The van der Waals surface area contributed by atoms with Crippen LogP contribution in [0.1, 0.15) is 34.5 Å². The van der Waals surface area contributed by atoms with Gasteiger partial charge in [0.15, 0.2) is 0 Å². The quantitative estimate of drug-likeness (QED) is 0.607. The third kappa shape index (κ3) is 4.90. The maximum absolute atomic E-state index is 13.4. The van der Waals surface area contributed by atoms with Gasteiger partial charge in [-0.05, 0) is 43.0 Å². The molecular weight excluding hydrogens is 417 g/mol. The van der Waals surface area contributed by atoms with Gasteiger partial charge in [-0.15, -0.1) is 0 Å². The summed E-state index contributed by atoms with van der Waals surface area (Å²) >= 11 is 0. The normalized spacial score (nSPS) is 16.6. The molecule has 1 aliphatic heterocycles. The van der Waals surface area contributed by atoms with Crippen LogP contribution in [-0.2, 0) is 6.18 Å². The van der Waals surface area contributed by atoms with E-state index in [-0.39, 0.29) is 17.9 Å². The van der Waals surface area contributed by atoms with Crippen LogP contribution in [0.15, 0.2) is 60.8 Å². The number of nitrogens with one attached hydrogen (secondary N) is 1. The van der Waals surface area contributed by atoms with Crippen molar-refractivity contribution in [1.29, 1.82) is 0 Å². The fraction of sp³-hybridized carbons (Fsp3) is 0.292. The van der Waals surface area contributed by atoms with E-state index in [9.17, 15) is 18.0 Å². The van der Waals surface area contributed by atoms with Gasteiger partial charge in [0, 0.05) is 30.9 Å². The average molecular weight is 440 g/mol. The number of aromatic nitrogens is 2. The molecule has 2 aromatic carbocycles. The van der Waals surface area contributed by atoms with Gasteiger partial charge in [0.1, 0.15) is 5.69 Å². The summed E-state index contributed by atoms with van der Waals surface area (Å²) in [5.41, 5.74) is 2.54. The second-order valence-corrected chi connectivity index (χ2v) is 7.91. The molecule has 0 aliphatic carbocycles. The van der Waals surface area contributed by atoms with Crippen LogP contribution in [0.5, 0.6) is 0 Å². The zero-order chi connectivity index (χ0) is 22.7. The number of likely N-dealkylation sites (tertiary alicyclic amines) is 1. The lowest BCUT2D eigenvalue weighted by Crippen LogP contribution is -2.45. The van der Waals surface area contributed by atoms with E-state index in [1.54, 1.807) is 4.90 Å². The molecule has 1 unspecified atom stereocenters. The van der Waals surface area contributed by atoms with E-state index in [4.69, 9.17) is 0 Å². The highest BCUT2D eigenvalue weighted by Gasteiger charge is 2.33. The molecule has 166 valence electrons. The number of carbonyl (C=O) groups excluding carboxylic acids is 1. The Morgan fingerprint density at radius 2 is 1.94 bits per heavy atom. The Hall–Kier alpha value is -3.42. The van der Waals surface area contributed by atoms with Crippen LogP contribution in [0.25, 0.3) is 11.1 Å². The largest absolute Gasteiger partial charge is 0.433 e. The summed E-state index contributed by atoms with van der Waals surface area (Å²) < 4.78 is 38.8. The van der Waals surface area contributed by atoms with E-state index in [1.807, 2.05) is 55.5 Å². The van der Waals surface area contributed by atoms with Crippen molar-refractivity contribution in [3.63, 3.8) is 0 Å². The number of aryl methyl sites for hydroxylation is 1. The predicted octanol–water partition coefficient (Wildman–Crippen LogP) is 5.19. The Morgan fingerprint density at radius 3 is 2.72 bits per heavy atom. The molecule has 1 aromatic heterocycles. The third-order valence-corrected chi connectivity index (χ3v) is 5.47. The Kier molecular flexibility index (Phi) is 6.12. The molecule has 0 radical (unpaired) electrons. The number of hydrogen-bond acceptors (Lipinski definition) is 4. The van der Waals surface area contributed by atoms with Crippen LogP contribution < -0.4 is 5.32 Å². The van der Waals surface area contributed by atoms with Gasteiger partial charge in [-0.1, -0.05) is 48.0 Å². The summed E-state index contributed by atoms with van der Waals surface area (Å²) in [6, 6.07) is 16.1. The van der Waals surface area contributed by atoms with E-state index in [2.05, 4.69) is 15.3 Å². The van der Waals surface area contributed by atoms with Crippen LogP contribution in [-0.4, -0.2) is 39.9 Å². The maximum atomic E-state index is 13.4. The van der Waals surface area contributed by atoms with Gasteiger partial charge in [0.25, 0.3) is 5.91 Å². The first kappa shape index (κ1) is 21.8. The first-order valence-electron chi connectivity index (χ1n) is 10.4. The van der Waals surface area contributed by atoms with E-state index in [0.717, 1.165) is 35.4 Å². The van der Waals surface area contributed by atoms with E-state index >= 15 is 0 Å². The lowest BCUT2D eigenvalue weighted by atomic mass is 9.96. The van der Waals surface area contributed by atoms with Crippen molar-refractivity contribution in [2.45, 2.75) is 32.0 Å². The summed E-state index contributed by atoms with van der Waals surface area (Å²) in [6.45, 7) is 2.95. The van der Waals surface area contributed by atoms with Gasteiger partial charge in [0.05, 0.1) is 0 Å². The van der Waals surface area contributed by atoms with Crippen molar-refractivity contribution in [3.05, 3.63) is 77.6 Å². The lowest BCUT2D eigenvalue weighted by molar-refractivity contribution is -0.141. The van der Waals surface area contributed by atoms with Crippen molar-refractivity contribution >= 4 is 11.9 Å². The number of anilines is 1. The number of amides is 1. The molecule has 8 heteroatoms. The summed E-state index contributed by atoms with van der Waals surface area (Å²) in [7, 11) is 0. The summed E-state index contributed by atoms with van der Waals surface area (Å²) in [5, 5.41) is 2.97. The number of benzene rings is 2. The highest BCUT2D eigenvalue weighted by atomic mass is 19.4. The first-order valence-corrected chi connectivity index (χ1v) is 10.4. The van der Waals surface area contributed by atoms with Gasteiger partial charge in [-0.25, -0.2) is 9.97 Å². The molecule has 2 heterocycles. The summed E-state index contributed by atoms with van der Waals surface area (Å²) in [4.78, 5) is 22.6. The minimum atomic E-state index is -4.53. The number of nitrogens with zero attached hydrogens (tertiary/aromatic N) is 3. The second kappa shape index (κ2) is 8.98. The van der Waals surface area contributed by atoms with Gasteiger partial charge >= 0.3 is 6.18 Å². The number of carbonyl (C=O) groups is 1. The van der Waals surface area contributed by atoms with Crippen molar-refractivity contribution in [1.82, 2.24) is 14.9 Å². The minimum Gasteiger partial charge on any atom is -0.350 e. The van der Waals surface area contributed by atoms with Crippen LogP contribution in [0.2, 0.25) is 0 Å². The van der Waals surface area contributed by atoms with E-state index in [0.29, 0.717) is 25.1 Å². The third-order valence-electron chi connectivity index (χ3n) is 5.47. The first-order chi connectivity index (χ1) is 15.3. The molecule has 1 amide bonds. The second-order valence-electron chi connectivity index (χ2n) is 7.91. The van der Waals surface area contributed by atoms with Crippen LogP contribution in [0.3, 0.4) is 0 Å². The highest BCUT2D eigenvalue weighted by Crippen LogP contribution is 2.29. The molecule has 0 spiro atoms. The fourth-order valence-electron chi connectivity index (χ4n) is 3.95. The molecule has 0 bridgehead atoms. The van der Waals surface area contributed by atoms with Crippen molar-refractivity contribution in [2.24, 2.45) is 0 Å². The monoisotopic (exact) mass is 440 g/mol. The topological polar surface area (TPSA) is 58.1 Å². The molecule has 32 heavy (non-hydrogen) atoms. The molecule has 3 aromatic rings. The zero-order valence-electron chi connectivity index (χ0n) is 17.6. The number of hydrogen-bond donors (Lipinski definition) is 1. The zero-order valence-corrected chi connectivity index (χ0v) is 17.6. The maximum Gasteiger partial charge on any atom is 0.433 e. The highest BCUT2D eigenvalue weighted by molar-refractivity contribution is 6.01. The van der Waals surface area contributed by atoms with Crippen LogP contribution in [0.4, 0.5) is 19.1 Å². The van der Waals surface area contributed by atoms with Crippen LogP contribution in [0, 0.1) is 6.92 Å². The molecule has 0 saturated carbocycles. The lowest BCUT2D eigenvalue weighted by Gasteiger charge is -2.33. The number of piperidine rings is 1. The molecule has 1 N–H and O–H groups in total. The smallest absolute Gasteiger partial charge is 0.350 e. The Labute approximate surface area is 184 Å². The van der Waals surface area contributed by atoms with Crippen molar-refractivity contribution < 1.29 is 18.0 Å². The Bertz CT molecular complexity index is 1120. The van der Waals surface area contributed by atoms with Gasteiger partial charge in [-0.2, -0.15) is 13.2 Å². The van der Waals surface area contributed by atoms with Gasteiger partial charge < -0.3 is 10.2 Å². The average Bonchev–Trinajstić information content (AvgIpc) is 2.78. The molecule has 5 nitrogen and oxygen atoms in total.